The molecule has 2 aliphatic rings. The molecule has 19 heavy (non-hydrogen) atoms. The molecule has 0 aromatic heterocycles. The molecule has 2 atom stereocenters. The summed E-state index contributed by atoms with van der Waals surface area (Å²) in [5.41, 5.74) is 0. The number of carbonyl (C=O) groups excluding carboxylic acids is 3. The zero-order valence-electron chi connectivity index (χ0n) is 11.2. The van der Waals surface area contributed by atoms with Gasteiger partial charge in [-0.15, -0.1) is 0 Å². The molecule has 0 spiro atoms. The Morgan fingerprint density at radius 3 is 2.53 bits per heavy atom. The summed E-state index contributed by atoms with van der Waals surface area (Å²) < 4.78 is 0. The maximum Gasteiger partial charge on any atom is 0.229 e. The third-order valence-corrected chi connectivity index (χ3v) is 4.09. The molecular weight excluding hydrogens is 248 g/mol. The molecule has 2 heterocycles. The average Bonchev–Trinajstić information content (AvgIpc) is 2.91. The zero-order chi connectivity index (χ0) is 14.0. The van der Waals surface area contributed by atoms with Crippen molar-refractivity contribution in [3.05, 3.63) is 0 Å². The van der Waals surface area contributed by atoms with Gasteiger partial charge < -0.3 is 10.0 Å². The molecule has 0 saturated carbocycles. The monoisotopic (exact) mass is 268 g/mol. The molecule has 3 amide bonds. The van der Waals surface area contributed by atoms with Crippen LogP contribution in [0.15, 0.2) is 0 Å². The third kappa shape index (κ3) is 2.78. The largest absolute Gasteiger partial charge is 0.394 e. The van der Waals surface area contributed by atoms with Crippen molar-refractivity contribution in [2.24, 2.45) is 5.92 Å². The third-order valence-electron chi connectivity index (χ3n) is 4.09. The quantitative estimate of drug-likeness (QED) is 0.713. The maximum atomic E-state index is 12.1. The Bertz CT molecular complexity index is 380. The van der Waals surface area contributed by atoms with Crippen LogP contribution in [0.3, 0.4) is 0 Å². The van der Waals surface area contributed by atoms with E-state index < -0.39 is 0 Å². The highest BCUT2D eigenvalue weighted by Gasteiger charge is 2.35. The molecule has 0 aromatic rings. The lowest BCUT2D eigenvalue weighted by Gasteiger charge is -2.26. The van der Waals surface area contributed by atoms with Gasteiger partial charge in [0.1, 0.15) is 0 Å². The van der Waals surface area contributed by atoms with Crippen molar-refractivity contribution in [2.45, 2.75) is 38.6 Å². The van der Waals surface area contributed by atoms with Gasteiger partial charge in [-0.25, -0.2) is 0 Å². The van der Waals surface area contributed by atoms with Crippen LogP contribution in [0.1, 0.15) is 32.6 Å². The van der Waals surface area contributed by atoms with Crippen LogP contribution in [-0.4, -0.2) is 58.4 Å². The van der Waals surface area contributed by atoms with Crippen molar-refractivity contribution in [1.29, 1.82) is 0 Å². The van der Waals surface area contributed by atoms with E-state index in [2.05, 4.69) is 0 Å². The Morgan fingerprint density at radius 1 is 1.32 bits per heavy atom. The van der Waals surface area contributed by atoms with Crippen LogP contribution in [0.5, 0.6) is 0 Å². The standard InChI is InChI=1S/C13H20N2O4/c1-9-4-6-14(10(9)8-16)13(19)5-7-15-11(17)2-3-12(15)18/h9-10,16H,2-8H2,1H3. The lowest BCUT2D eigenvalue weighted by atomic mass is 10.0. The summed E-state index contributed by atoms with van der Waals surface area (Å²) in [5.74, 6) is -0.169. The van der Waals surface area contributed by atoms with Gasteiger partial charge in [0, 0.05) is 32.4 Å². The minimum atomic E-state index is -0.189. The summed E-state index contributed by atoms with van der Waals surface area (Å²) in [7, 11) is 0. The molecule has 2 saturated heterocycles. The number of imide groups is 1. The predicted molar refractivity (Wildman–Crippen MR) is 66.9 cm³/mol. The average molecular weight is 268 g/mol. The van der Waals surface area contributed by atoms with Crippen molar-refractivity contribution in [3.63, 3.8) is 0 Å². The fourth-order valence-corrected chi connectivity index (χ4v) is 2.82. The van der Waals surface area contributed by atoms with Gasteiger partial charge in [-0.1, -0.05) is 6.92 Å². The summed E-state index contributed by atoms with van der Waals surface area (Å²) in [6.45, 7) is 2.79. The van der Waals surface area contributed by atoms with E-state index in [1.54, 1.807) is 4.90 Å². The molecule has 106 valence electrons. The second-order valence-corrected chi connectivity index (χ2v) is 5.29. The zero-order valence-corrected chi connectivity index (χ0v) is 11.2. The summed E-state index contributed by atoms with van der Waals surface area (Å²) in [4.78, 5) is 37.8. The van der Waals surface area contributed by atoms with E-state index in [4.69, 9.17) is 0 Å². The number of rotatable bonds is 4. The minimum Gasteiger partial charge on any atom is -0.394 e. The fourth-order valence-electron chi connectivity index (χ4n) is 2.82. The van der Waals surface area contributed by atoms with Gasteiger partial charge in [0.05, 0.1) is 12.6 Å². The van der Waals surface area contributed by atoms with Crippen LogP contribution >= 0.6 is 0 Å². The molecule has 2 fully saturated rings. The van der Waals surface area contributed by atoms with Crippen molar-refractivity contribution in [3.8, 4) is 0 Å². The van der Waals surface area contributed by atoms with Gasteiger partial charge in [-0.05, 0) is 12.3 Å². The topological polar surface area (TPSA) is 77.9 Å². The highest BCUT2D eigenvalue weighted by Crippen LogP contribution is 2.24. The van der Waals surface area contributed by atoms with E-state index in [0.29, 0.717) is 12.5 Å². The van der Waals surface area contributed by atoms with Crippen LogP contribution in [-0.2, 0) is 14.4 Å². The first-order chi connectivity index (χ1) is 9.04. The van der Waals surface area contributed by atoms with E-state index in [0.717, 1.165) is 6.42 Å². The van der Waals surface area contributed by atoms with Gasteiger partial charge in [-0.3, -0.25) is 19.3 Å². The molecule has 1 N–H and O–H groups in total. The van der Waals surface area contributed by atoms with Crippen LogP contribution in [0.2, 0.25) is 0 Å². The van der Waals surface area contributed by atoms with Crippen LogP contribution in [0.4, 0.5) is 0 Å². The van der Waals surface area contributed by atoms with Gasteiger partial charge in [-0.2, -0.15) is 0 Å². The van der Waals surface area contributed by atoms with Gasteiger partial charge in [0.2, 0.25) is 17.7 Å². The Labute approximate surface area is 112 Å². The number of carbonyl (C=O) groups is 3. The van der Waals surface area contributed by atoms with E-state index >= 15 is 0 Å². The first-order valence-electron chi connectivity index (χ1n) is 6.78. The van der Waals surface area contributed by atoms with Crippen molar-refractivity contribution in [2.75, 3.05) is 19.7 Å². The molecule has 0 aromatic carbocycles. The molecule has 2 aliphatic heterocycles. The number of nitrogens with zero attached hydrogens (tertiary/aromatic N) is 2. The second-order valence-electron chi connectivity index (χ2n) is 5.29. The molecule has 0 bridgehead atoms. The number of aliphatic hydroxyl groups is 1. The Morgan fingerprint density at radius 2 is 1.95 bits per heavy atom. The van der Waals surface area contributed by atoms with Crippen molar-refractivity contribution >= 4 is 17.7 Å². The molecule has 0 aliphatic carbocycles. The number of hydrogen-bond acceptors (Lipinski definition) is 4. The second kappa shape index (κ2) is 5.69. The van der Waals surface area contributed by atoms with E-state index in [1.165, 1.54) is 4.90 Å². The van der Waals surface area contributed by atoms with Crippen molar-refractivity contribution in [1.82, 2.24) is 9.80 Å². The number of amides is 3. The summed E-state index contributed by atoms with van der Waals surface area (Å²) >= 11 is 0. The number of aliphatic hydroxyl groups excluding tert-OH is 1. The van der Waals surface area contributed by atoms with Crippen molar-refractivity contribution < 1.29 is 19.5 Å². The minimum absolute atomic E-state index is 0.0333. The smallest absolute Gasteiger partial charge is 0.229 e. The highest BCUT2D eigenvalue weighted by atomic mass is 16.3. The summed E-state index contributed by atoms with van der Waals surface area (Å²) in [6.07, 6.45) is 1.55. The van der Waals surface area contributed by atoms with Crippen LogP contribution in [0, 0.1) is 5.92 Å². The van der Waals surface area contributed by atoms with Crippen LogP contribution in [0.25, 0.3) is 0 Å². The molecular formula is C13H20N2O4. The number of likely N-dealkylation sites (tertiary alicyclic amines) is 2. The van der Waals surface area contributed by atoms with Gasteiger partial charge >= 0.3 is 0 Å². The van der Waals surface area contributed by atoms with Gasteiger partial charge in [0.15, 0.2) is 0 Å². The lowest BCUT2D eigenvalue weighted by molar-refractivity contribution is -0.139. The summed E-state index contributed by atoms with van der Waals surface area (Å²) in [6, 6.07) is -0.127. The normalized spacial score (nSPS) is 27.5. The molecule has 2 unspecified atom stereocenters. The highest BCUT2D eigenvalue weighted by molar-refractivity contribution is 6.02. The molecule has 2 rings (SSSR count). The fraction of sp³-hybridized carbons (Fsp3) is 0.769. The van der Waals surface area contributed by atoms with E-state index in [-0.39, 0.29) is 56.2 Å². The Balaban J connectivity index is 1.88. The molecule has 0 radical (unpaired) electrons. The lowest BCUT2D eigenvalue weighted by Crippen LogP contribution is -2.41. The van der Waals surface area contributed by atoms with E-state index in [1.807, 2.05) is 6.92 Å². The molecule has 6 heteroatoms. The Hall–Kier alpha value is -1.43. The van der Waals surface area contributed by atoms with E-state index in [9.17, 15) is 19.5 Å². The maximum absolute atomic E-state index is 12.1. The predicted octanol–water partition coefficient (Wildman–Crippen LogP) is -0.245. The first-order valence-corrected chi connectivity index (χ1v) is 6.78. The molecule has 6 nitrogen and oxygen atoms in total. The van der Waals surface area contributed by atoms with Gasteiger partial charge in [0.25, 0.3) is 0 Å². The SMILES string of the molecule is CC1CCN(C(=O)CCN2C(=O)CCC2=O)C1CO. The Kier molecular flexibility index (Phi) is 4.19. The summed E-state index contributed by atoms with van der Waals surface area (Å²) in [5, 5.41) is 9.31. The van der Waals surface area contributed by atoms with Crippen LogP contribution < -0.4 is 0 Å². The first kappa shape index (κ1) is 14.0. The number of hydrogen-bond donors (Lipinski definition) is 1.